The molecule has 0 amide bonds. The minimum atomic E-state index is -0.0164. The summed E-state index contributed by atoms with van der Waals surface area (Å²) in [5, 5.41) is 7.56. The Morgan fingerprint density at radius 2 is 2.06 bits per heavy atom. The molecule has 1 aliphatic rings. The number of nitrogens with two attached hydrogens (primary N) is 1. The summed E-state index contributed by atoms with van der Waals surface area (Å²) in [6, 6.07) is 0. The molecule has 2 rings (SSSR count). The second kappa shape index (κ2) is 4.55. The number of nitrogens with one attached hydrogen (secondary N) is 1. The van der Waals surface area contributed by atoms with Crippen LogP contribution in [0.1, 0.15) is 32.9 Å². The molecule has 0 saturated carbocycles. The van der Waals surface area contributed by atoms with Crippen LogP contribution < -0.4 is 10.6 Å². The Bertz CT molecular complexity index is 449. The molecule has 18 heavy (non-hydrogen) atoms. The smallest absolute Gasteiger partial charge is 0.158 e. The van der Waals surface area contributed by atoms with Crippen molar-refractivity contribution in [2.45, 2.75) is 27.2 Å². The lowest BCUT2D eigenvalue weighted by atomic mass is 9.80. The normalized spacial score (nSPS) is 20.2. The molecule has 1 atom stereocenters. The van der Waals surface area contributed by atoms with E-state index in [4.69, 9.17) is 11.1 Å². The van der Waals surface area contributed by atoms with Crippen LogP contribution in [0.2, 0.25) is 0 Å². The van der Waals surface area contributed by atoms with Gasteiger partial charge in [0.15, 0.2) is 5.82 Å². The molecule has 1 fully saturated rings. The molecule has 0 aliphatic carbocycles. The summed E-state index contributed by atoms with van der Waals surface area (Å²) < 4.78 is 0. The van der Waals surface area contributed by atoms with E-state index in [0.717, 1.165) is 25.3 Å². The summed E-state index contributed by atoms with van der Waals surface area (Å²) in [6.45, 7) is 8.72. The molecular formula is C13H21N5. The van der Waals surface area contributed by atoms with Gasteiger partial charge in [-0.05, 0) is 17.8 Å². The predicted molar refractivity (Wildman–Crippen MR) is 72.8 cm³/mol. The largest absolute Gasteiger partial charge is 0.382 e. The van der Waals surface area contributed by atoms with Crippen molar-refractivity contribution in [2.24, 2.45) is 17.1 Å². The SMILES string of the molecule is CC(C)(C)C1CCN(c2nccnc2C(=N)N)C1. The summed E-state index contributed by atoms with van der Waals surface area (Å²) in [4.78, 5) is 10.7. The maximum absolute atomic E-state index is 7.56. The number of anilines is 1. The van der Waals surface area contributed by atoms with Crippen LogP contribution in [0.3, 0.4) is 0 Å². The molecule has 1 aromatic rings. The fraction of sp³-hybridized carbons (Fsp3) is 0.615. The maximum atomic E-state index is 7.56. The Kier molecular flexibility index (Phi) is 3.24. The van der Waals surface area contributed by atoms with Gasteiger partial charge in [0.1, 0.15) is 11.5 Å². The van der Waals surface area contributed by atoms with Crippen molar-refractivity contribution in [2.75, 3.05) is 18.0 Å². The summed E-state index contributed by atoms with van der Waals surface area (Å²) in [5.74, 6) is 1.37. The van der Waals surface area contributed by atoms with Crippen molar-refractivity contribution in [1.29, 1.82) is 5.41 Å². The van der Waals surface area contributed by atoms with Gasteiger partial charge < -0.3 is 10.6 Å². The van der Waals surface area contributed by atoms with Crippen molar-refractivity contribution < 1.29 is 0 Å². The molecule has 2 heterocycles. The molecule has 1 aliphatic heterocycles. The van der Waals surface area contributed by atoms with Crippen LogP contribution in [0.4, 0.5) is 5.82 Å². The minimum absolute atomic E-state index is 0.0164. The number of hydrogen-bond donors (Lipinski definition) is 2. The van der Waals surface area contributed by atoms with E-state index in [1.54, 1.807) is 12.4 Å². The van der Waals surface area contributed by atoms with Crippen LogP contribution in [0, 0.1) is 16.7 Å². The quantitative estimate of drug-likeness (QED) is 0.615. The van der Waals surface area contributed by atoms with E-state index < -0.39 is 0 Å². The zero-order valence-electron chi connectivity index (χ0n) is 11.3. The zero-order valence-corrected chi connectivity index (χ0v) is 11.3. The summed E-state index contributed by atoms with van der Waals surface area (Å²) in [5.41, 5.74) is 6.35. The first-order valence-electron chi connectivity index (χ1n) is 6.30. The van der Waals surface area contributed by atoms with Crippen LogP contribution >= 0.6 is 0 Å². The van der Waals surface area contributed by atoms with Gasteiger partial charge in [-0.25, -0.2) is 9.97 Å². The van der Waals surface area contributed by atoms with E-state index in [-0.39, 0.29) is 5.84 Å². The third-order valence-corrected chi connectivity index (χ3v) is 3.65. The van der Waals surface area contributed by atoms with E-state index in [1.807, 2.05) is 0 Å². The third-order valence-electron chi connectivity index (χ3n) is 3.65. The van der Waals surface area contributed by atoms with Gasteiger partial charge in [0.25, 0.3) is 0 Å². The van der Waals surface area contributed by atoms with Gasteiger partial charge in [-0.15, -0.1) is 0 Å². The van der Waals surface area contributed by atoms with Crippen LogP contribution in [-0.4, -0.2) is 28.9 Å². The first kappa shape index (κ1) is 12.8. The summed E-state index contributed by atoms with van der Waals surface area (Å²) in [7, 11) is 0. The fourth-order valence-electron chi connectivity index (χ4n) is 2.41. The number of aromatic nitrogens is 2. The van der Waals surface area contributed by atoms with Gasteiger partial charge in [-0.2, -0.15) is 0 Å². The Hall–Kier alpha value is -1.65. The Morgan fingerprint density at radius 1 is 1.39 bits per heavy atom. The number of nitrogen functional groups attached to an aromatic ring is 1. The number of hydrogen-bond acceptors (Lipinski definition) is 4. The molecule has 0 bridgehead atoms. The lowest BCUT2D eigenvalue weighted by Gasteiger charge is -2.27. The predicted octanol–water partition coefficient (Wildman–Crippen LogP) is 1.63. The minimum Gasteiger partial charge on any atom is -0.382 e. The summed E-state index contributed by atoms with van der Waals surface area (Å²) in [6.07, 6.45) is 4.39. The molecule has 0 aromatic carbocycles. The number of rotatable bonds is 2. The van der Waals surface area contributed by atoms with Crippen LogP contribution in [-0.2, 0) is 0 Å². The van der Waals surface area contributed by atoms with E-state index in [2.05, 4.69) is 35.6 Å². The molecule has 98 valence electrons. The van der Waals surface area contributed by atoms with Gasteiger partial charge in [0.05, 0.1) is 0 Å². The molecule has 1 saturated heterocycles. The topological polar surface area (TPSA) is 78.9 Å². The highest BCUT2D eigenvalue weighted by Crippen LogP contribution is 2.35. The first-order valence-corrected chi connectivity index (χ1v) is 6.30. The molecule has 0 spiro atoms. The lowest BCUT2D eigenvalue weighted by Crippen LogP contribution is -2.29. The van der Waals surface area contributed by atoms with E-state index in [9.17, 15) is 0 Å². The monoisotopic (exact) mass is 247 g/mol. The average molecular weight is 247 g/mol. The van der Waals surface area contributed by atoms with E-state index >= 15 is 0 Å². The maximum Gasteiger partial charge on any atom is 0.158 e. The van der Waals surface area contributed by atoms with Gasteiger partial charge in [0.2, 0.25) is 0 Å². The average Bonchev–Trinajstić information content (AvgIpc) is 2.77. The van der Waals surface area contributed by atoms with Crippen LogP contribution in [0.15, 0.2) is 12.4 Å². The molecule has 5 heteroatoms. The molecule has 5 nitrogen and oxygen atoms in total. The van der Waals surface area contributed by atoms with Crippen molar-refractivity contribution in [3.05, 3.63) is 18.1 Å². The van der Waals surface area contributed by atoms with Gasteiger partial charge >= 0.3 is 0 Å². The highest BCUT2D eigenvalue weighted by Gasteiger charge is 2.33. The zero-order chi connectivity index (χ0) is 13.3. The molecule has 0 radical (unpaired) electrons. The van der Waals surface area contributed by atoms with Crippen molar-refractivity contribution in [1.82, 2.24) is 9.97 Å². The second-order valence-corrected chi connectivity index (χ2v) is 5.94. The molecular weight excluding hydrogens is 226 g/mol. The first-order chi connectivity index (χ1) is 8.39. The molecule has 3 N–H and O–H groups in total. The number of nitrogens with zero attached hydrogens (tertiary/aromatic N) is 3. The molecule has 1 aromatic heterocycles. The van der Waals surface area contributed by atoms with E-state index in [1.165, 1.54) is 0 Å². The fourth-order valence-corrected chi connectivity index (χ4v) is 2.41. The Balaban J connectivity index is 2.22. The van der Waals surface area contributed by atoms with Crippen LogP contribution in [0.25, 0.3) is 0 Å². The molecule has 1 unspecified atom stereocenters. The van der Waals surface area contributed by atoms with Crippen molar-refractivity contribution in [3.63, 3.8) is 0 Å². The Labute approximate surface area is 108 Å². The van der Waals surface area contributed by atoms with Crippen LogP contribution in [0.5, 0.6) is 0 Å². The summed E-state index contributed by atoms with van der Waals surface area (Å²) >= 11 is 0. The third kappa shape index (κ3) is 2.44. The van der Waals surface area contributed by atoms with Crippen molar-refractivity contribution >= 4 is 11.7 Å². The highest BCUT2D eigenvalue weighted by molar-refractivity contribution is 5.97. The van der Waals surface area contributed by atoms with Gasteiger partial charge in [-0.1, -0.05) is 20.8 Å². The lowest BCUT2D eigenvalue weighted by molar-refractivity contribution is 0.263. The standard InChI is InChI=1S/C13H21N5/c1-13(2,3)9-4-7-18(8-9)12-10(11(14)15)16-5-6-17-12/h5-6,9H,4,7-8H2,1-3H3,(H3,14,15). The van der Waals surface area contributed by atoms with Gasteiger partial charge in [0, 0.05) is 25.5 Å². The van der Waals surface area contributed by atoms with Gasteiger partial charge in [-0.3, -0.25) is 5.41 Å². The Morgan fingerprint density at radius 3 is 2.61 bits per heavy atom. The highest BCUT2D eigenvalue weighted by atomic mass is 15.2. The second-order valence-electron chi connectivity index (χ2n) is 5.94. The number of amidine groups is 1. The van der Waals surface area contributed by atoms with Crippen molar-refractivity contribution in [3.8, 4) is 0 Å². The van der Waals surface area contributed by atoms with E-state index in [0.29, 0.717) is 17.0 Å².